The molecular weight excluding hydrogens is 494 g/mol. The van der Waals surface area contributed by atoms with Crippen LogP contribution in [0.4, 0.5) is 0 Å². The van der Waals surface area contributed by atoms with Gasteiger partial charge in [0.25, 0.3) is 0 Å². The van der Waals surface area contributed by atoms with E-state index in [1.165, 1.54) is 19.9 Å². The number of carbonyl (C=O) groups is 4. The number of hydrogen-bond donors (Lipinski definition) is 3. The van der Waals surface area contributed by atoms with E-state index in [0.717, 1.165) is 10.9 Å². The first-order valence-electron chi connectivity index (χ1n) is 12.7. The lowest BCUT2D eigenvalue weighted by Gasteiger charge is -2.48. The lowest BCUT2D eigenvalue weighted by atomic mass is 9.82. The summed E-state index contributed by atoms with van der Waals surface area (Å²) in [7, 11) is 0. The Kier molecular flexibility index (Phi) is 8.00. The van der Waals surface area contributed by atoms with E-state index in [1.54, 1.807) is 19.2 Å². The van der Waals surface area contributed by atoms with E-state index in [4.69, 9.17) is 9.47 Å². The van der Waals surface area contributed by atoms with Gasteiger partial charge in [0.15, 0.2) is 5.78 Å². The van der Waals surface area contributed by atoms with Gasteiger partial charge in [0.05, 0.1) is 18.1 Å². The van der Waals surface area contributed by atoms with Crippen molar-refractivity contribution in [2.75, 3.05) is 0 Å². The molecule has 6 unspecified atom stereocenters. The molecule has 1 amide bonds. The van der Waals surface area contributed by atoms with Gasteiger partial charge in [-0.25, -0.2) is 4.79 Å². The highest BCUT2D eigenvalue weighted by molar-refractivity contribution is 5.91. The van der Waals surface area contributed by atoms with Gasteiger partial charge in [0, 0.05) is 36.0 Å². The molecule has 0 bridgehead atoms. The van der Waals surface area contributed by atoms with Gasteiger partial charge in [-0.1, -0.05) is 18.2 Å². The molecular formula is C27H32N3O8-. The number of fused-ring (bicyclic) bond motifs is 1. The molecule has 38 heavy (non-hydrogen) atoms. The number of ketones is 1. The molecule has 3 N–H and O–H groups in total. The lowest BCUT2D eigenvalue weighted by Crippen LogP contribution is -2.61. The third-order valence-corrected chi connectivity index (χ3v) is 7.22. The second kappa shape index (κ2) is 11.1. The first-order chi connectivity index (χ1) is 18.0. The predicted octanol–water partition coefficient (Wildman–Crippen LogP) is 1.87. The van der Waals surface area contributed by atoms with Crippen LogP contribution in [0.25, 0.3) is 10.9 Å². The van der Waals surface area contributed by atoms with Gasteiger partial charge >= 0.3 is 11.9 Å². The molecule has 204 valence electrons. The summed E-state index contributed by atoms with van der Waals surface area (Å²) >= 11 is 0. The largest absolute Gasteiger partial charge is 0.783 e. The number of H-pyrrole nitrogens is 1. The maximum absolute atomic E-state index is 13.6. The first kappa shape index (κ1) is 27.5. The van der Waals surface area contributed by atoms with Gasteiger partial charge < -0.3 is 35.2 Å². The van der Waals surface area contributed by atoms with Crippen LogP contribution in [0.5, 0.6) is 0 Å². The van der Waals surface area contributed by atoms with Crippen molar-refractivity contribution in [2.24, 2.45) is 5.92 Å². The number of hydrogen-bond acceptors (Lipinski definition) is 9. The van der Waals surface area contributed by atoms with Crippen LogP contribution in [0.1, 0.15) is 45.6 Å². The van der Waals surface area contributed by atoms with E-state index >= 15 is 0 Å². The molecule has 0 radical (unpaired) electrons. The minimum absolute atomic E-state index is 0.0827. The lowest BCUT2D eigenvalue weighted by molar-refractivity contribution is -0.162. The van der Waals surface area contributed by atoms with Gasteiger partial charge in [-0.2, -0.15) is 0 Å². The van der Waals surface area contributed by atoms with Crippen LogP contribution in [-0.2, 0) is 35.1 Å². The topological polar surface area (TPSA) is 161 Å². The van der Waals surface area contributed by atoms with Gasteiger partial charge in [-0.05, 0) is 51.3 Å². The quantitative estimate of drug-likeness (QED) is 0.371. The molecule has 0 aliphatic carbocycles. The Morgan fingerprint density at radius 3 is 2.63 bits per heavy atom. The SMILES string of the molecule is CC(CCC1C=CC(=O)O1)OC(=O)C(CC(=O)C(C)O)C1(Cc2c[nH]c3ccccc23)NC(=O)C(C)N1[O-]. The van der Waals surface area contributed by atoms with E-state index in [9.17, 15) is 29.5 Å². The second-order valence-electron chi connectivity index (χ2n) is 10.0. The Hall–Kier alpha value is -3.54. The number of amides is 1. The fourth-order valence-corrected chi connectivity index (χ4v) is 5.01. The summed E-state index contributed by atoms with van der Waals surface area (Å²) in [6, 6.07) is 6.28. The molecule has 1 saturated heterocycles. The number of esters is 2. The van der Waals surface area contributed by atoms with E-state index in [1.807, 2.05) is 24.3 Å². The number of nitrogens with one attached hydrogen (secondary N) is 2. The Morgan fingerprint density at radius 2 is 2.00 bits per heavy atom. The van der Waals surface area contributed by atoms with Crippen LogP contribution < -0.4 is 5.32 Å². The number of rotatable bonds is 11. The zero-order valence-corrected chi connectivity index (χ0v) is 21.5. The standard InChI is InChI=1S/C27H32N3O8/c1-15(8-9-19-10-11-24(33)38-19)37-26(35)21(12-23(32)17(3)31)27(29-25(34)16(2)30(27)36)13-18-14-28-22-7-5-4-6-20(18)22/h4-7,10-11,14-17,19,21,28,31H,8-9,12-13H2,1-3H3,(H,29,34)/q-1. The molecule has 1 aromatic carbocycles. The maximum atomic E-state index is 13.6. The predicted molar refractivity (Wildman–Crippen MR) is 136 cm³/mol. The third-order valence-electron chi connectivity index (χ3n) is 7.22. The van der Waals surface area contributed by atoms with E-state index in [2.05, 4.69) is 10.3 Å². The van der Waals surface area contributed by atoms with Crippen LogP contribution >= 0.6 is 0 Å². The molecule has 2 aliphatic rings. The van der Waals surface area contributed by atoms with Gasteiger partial charge in [-0.15, -0.1) is 0 Å². The van der Waals surface area contributed by atoms with Crippen molar-refractivity contribution in [3.63, 3.8) is 0 Å². The van der Waals surface area contributed by atoms with E-state index in [0.29, 0.717) is 23.5 Å². The molecule has 0 spiro atoms. The summed E-state index contributed by atoms with van der Waals surface area (Å²) in [4.78, 5) is 53.5. The number of para-hydroxylation sites is 1. The Bertz CT molecular complexity index is 1250. The summed E-state index contributed by atoms with van der Waals surface area (Å²) in [6.07, 6.45) is 2.39. The van der Waals surface area contributed by atoms with E-state index in [-0.39, 0.29) is 6.42 Å². The van der Waals surface area contributed by atoms with Crippen molar-refractivity contribution >= 4 is 34.5 Å². The first-order valence-corrected chi connectivity index (χ1v) is 12.7. The van der Waals surface area contributed by atoms with E-state index < -0.39 is 66.0 Å². The monoisotopic (exact) mass is 526 g/mol. The van der Waals surface area contributed by atoms with Crippen LogP contribution in [0, 0.1) is 11.1 Å². The highest BCUT2D eigenvalue weighted by Crippen LogP contribution is 2.38. The molecule has 11 heteroatoms. The van der Waals surface area contributed by atoms with Crippen molar-refractivity contribution in [1.82, 2.24) is 15.4 Å². The molecule has 1 fully saturated rings. The van der Waals surface area contributed by atoms with Crippen molar-refractivity contribution in [2.45, 2.75) is 76.5 Å². The third kappa shape index (κ3) is 5.50. The Balaban J connectivity index is 1.64. The zero-order chi connectivity index (χ0) is 27.6. The van der Waals surface area contributed by atoms with Crippen LogP contribution in [0.3, 0.4) is 0 Å². The van der Waals surface area contributed by atoms with Gasteiger partial charge in [0.2, 0.25) is 5.91 Å². The molecule has 6 atom stereocenters. The molecule has 11 nitrogen and oxygen atoms in total. The number of carbonyl (C=O) groups excluding carboxylic acids is 4. The summed E-state index contributed by atoms with van der Waals surface area (Å²) in [5.41, 5.74) is -0.352. The molecule has 1 aromatic heterocycles. The number of aromatic nitrogens is 1. The van der Waals surface area contributed by atoms with Crippen molar-refractivity contribution < 1.29 is 33.8 Å². The number of cyclic esters (lactones) is 1. The summed E-state index contributed by atoms with van der Waals surface area (Å²) < 4.78 is 10.8. The number of aliphatic hydroxyl groups is 1. The van der Waals surface area contributed by atoms with Crippen LogP contribution in [-0.4, -0.2) is 68.8 Å². The molecule has 2 aromatic rings. The number of aliphatic hydroxyl groups excluding tert-OH is 1. The summed E-state index contributed by atoms with van der Waals surface area (Å²) in [6.45, 7) is 4.36. The summed E-state index contributed by atoms with van der Waals surface area (Å²) in [5.74, 6) is -3.93. The highest BCUT2D eigenvalue weighted by Gasteiger charge is 2.54. The Labute approximate surface area is 219 Å². The van der Waals surface area contributed by atoms with Crippen molar-refractivity contribution in [1.29, 1.82) is 0 Å². The minimum atomic E-state index is -1.83. The number of Topliss-reactive ketones (excluding diaryl/α,β-unsaturated/α-hetero) is 1. The van der Waals surface area contributed by atoms with Gasteiger partial charge in [-0.3, -0.25) is 14.4 Å². The van der Waals surface area contributed by atoms with Crippen molar-refractivity contribution in [3.8, 4) is 0 Å². The molecule has 2 aliphatic heterocycles. The normalized spacial score (nSPS) is 25.7. The number of ether oxygens (including phenoxy) is 2. The minimum Gasteiger partial charge on any atom is -0.783 e. The highest BCUT2D eigenvalue weighted by atomic mass is 16.6. The average Bonchev–Trinajstić information content (AvgIpc) is 3.54. The second-order valence-corrected chi connectivity index (χ2v) is 10.0. The van der Waals surface area contributed by atoms with Crippen LogP contribution in [0.15, 0.2) is 42.6 Å². The number of hydroxylamine groups is 2. The van der Waals surface area contributed by atoms with Gasteiger partial charge in [0.1, 0.15) is 17.9 Å². The fourth-order valence-electron chi connectivity index (χ4n) is 5.01. The Morgan fingerprint density at radius 1 is 1.26 bits per heavy atom. The zero-order valence-electron chi connectivity index (χ0n) is 21.5. The number of aromatic amines is 1. The smallest absolute Gasteiger partial charge is 0.331 e. The average molecular weight is 527 g/mol. The van der Waals surface area contributed by atoms with Crippen LogP contribution in [0.2, 0.25) is 0 Å². The number of nitrogens with zero attached hydrogens (tertiary/aromatic N) is 1. The van der Waals surface area contributed by atoms with Crippen molar-refractivity contribution in [3.05, 3.63) is 53.4 Å². The summed E-state index contributed by atoms with van der Waals surface area (Å²) in [5, 5.41) is 27.6. The molecule has 0 saturated carbocycles. The maximum Gasteiger partial charge on any atom is 0.331 e. The number of benzene rings is 1. The molecule has 4 rings (SSSR count). The molecule has 3 heterocycles. The fraction of sp³-hybridized carbons (Fsp3) is 0.481.